The SMILES string of the molecule is COc1cccc(NC(=O)c2oc3c(c2C)/C(=N/NC(=O)c2cccc(C)c2)CCC3)c1. The van der Waals surface area contributed by atoms with Crippen LogP contribution in [0.1, 0.15) is 56.2 Å². The molecule has 0 atom stereocenters. The summed E-state index contributed by atoms with van der Waals surface area (Å²) in [5, 5.41) is 7.23. The van der Waals surface area contributed by atoms with Gasteiger partial charge < -0.3 is 14.5 Å². The van der Waals surface area contributed by atoms with Crippen molar-refractivity contribution in [3.8, 4) is 5.75 Å². The second kappa shape index (κ2) is 9.09. The van der Waals surface area contributed by atoms with Crippen LogP contribution in [0.2, 0.25) is 0 Å². The van der Waals surface area contributed by atoms with E-state index in [1.165, 1.54) is 0 Å². The molecule has 2 amide bonds. The van der Waals surface area contributed by atoms with E-state index in [-0.39, 0.29) is 17.6 Å². The number of carbonyl (C=O) groups excluding carboxylic acids is 2. The molecule has 1 aromatic heterocycles. The van der Waals surface area contributed by atoms with Gasteiger partial charge in [-0.15, -0.1) is 0 Å². The van der Waals surface area contributed by atoms with Crippen LogP contribution >= 0.6 is 0 Å². The fraction of sp³-hybridized carbons (Fsp3) is 0.240. The molecular formula is C25H25N3O4. The van der Waals surface area contributed by atoms with Gasteiger partial charge in [0, 0.05) is 34.9 Å². The highest BCUT2D eigenvalue weighted by Gasteiger charge is 2.28. The molecular weight excluding hydrogens is 406 g/mol. The van der Waals surface area contributed by atoms with E-state index in [4.69, 9.17) is 9.15 Å². The Balaban J connectivity index is 1.56. The Morgan fingerprint density at radius 1 is 1.03 bits per heavy atom. The average Bonchev–Trinajstić information content (AvgIpc) is 3.15. The normalized spacial score (nSPS) is 14.0. The van der Waals surface area contributed by atoms with Crippen LogP contribution in [0.15, 0.2) is 58.0 Å². The highest BCUT2D eigenvalue weighted by atomic mass is 16.5. The molecule has 7 nitrogen and oxygen atoms in total. The van der Waals surface area contributed by atoms with Crippen LogP contribution in [0.5, 0.6) is 5.75 Å². The van der Waals surface area contributed by atoms with Crippen molar-refractivity contribution >= 4 is 23.2 Å². The minimum absolute atomic E-state index is 0.248. The fourth-order valence-corrected chi connectivity index (χ4v) is 3.85. The van der Waals surface area contributed by atoms with E-state index in [0.717, 1.165) is 17.5 Å². The van der Waals surface area contributed by atoms with Gasteiger partial charge >= 0.3 is 0 Å². The molecule has 1 aliphatic carbocycles. The zero-order valence-electron chi connectivity index (χ0n) is 18.3. The van der Waals surface area contributed by atoms with Crippen LogP contribution < -0.4 is 15.5 Å². The lowest BCUT2D eigenvalue weighted by Crippen LogP contribution is -2.22. The number of hydrazone groups is 1. The summed E-state index contributed by atoms with van der Waals surface area (Å²) in [6.45, 7) is 3.77. The van der Waals surface area contributed by atoms with E-state index in [1.807, 2.05) is 32.0 Å². The molecule has 32 heavy (non-hydrogen) atoms. The van der Waals surface area contributed by atoms with Crippen LogP contribution in [-0.2, 0) is 6.42 Å². The van der Waals surface area contributed by atoms with Crippen LogP contribution in [-0.4, -0.2) is 24.6 Å². The van der Waals surface area contributed by atoms with Gasteiger partial charge in [0.25, 0.3) is 11.8 Å². The number of ether oxygens (including phenoxy) is 1. The van der Waals surface area contributed by atoms with Gasteiger partial charge in [-0.3, -0.25) is 9.59 Å². The standard InChI is InChI=1S/C25H25N3O4/c1-15-7-4-8-17(13-15)24(29)28-27-20-11-6-12-21-22(20)16(2)23(32-21)25(30)26-18-9-5-10-19(14-18)31-3/h4-5,7-10,13-14H,6,11-12H2,1-3H3,(H,26,30)(H,28,29)/b27-20+. The van der Waals surface area contributed by atoms with Gasteiger partial charge in [0.2, 0.25) is 0 Å². The Bertz CT molecular complexity index is 1210. The maximum absolute atomic E-state index is 12.9. The Labute approximate surface area is 186 Å². The summed E-state index contributed by atoms with van der Waals surface area (Å²) in [5.74, 6) is 1.00. The first kappa shape index (κ1) is 21.4. The molecule has 3 aromatic rings. The van der Waals surface area contributed by atoms with Crippen molar-refractivity contribution in [2.24, 2.45) is 5.10 Å². The predicted molar refractivity (Wildman–Crippen MR) is 123 cm³/mol. The summed E-state index contributed by atoms with van der Waals surface area (Å²) in [6.07, 6.45) is 2.24. The van der Waals surface area contributed by atoms with Gasteiger partial charge in [-0.1, -0.05) is 23.8 Å². The van der Waals surface area contributed by atoms with Crippen molar-refractivity contribution < 1.29 is 18.7 Å². The molecule has 7 heteroatoms. The molecule has 1 aliphatic rings. The lowest BCUT2D eigenvalue weighted by Gasteiger charge is -2.13. The van der Waals surface area contributed by atoms with Crippen molar-refractivity contribution in [3.05, 3.63) is 82.3 Å². The number of furan rings is 1. The summed E-state index contributed by atoms with van der Waals surface area (Å²) in [5.41, 5.74) is 7.04. The molecule has 2 aromatic carbocycles. The number of carbonyl (C=O) groups is 2. The number of nitrogens with one attached hydrogen (secondary N) is 2. The van der Waals surface area contributed by atoms with Gasteiger partial charge in [0.15, 0.2) is 5.76 Å². The molecule has 1 heterocycles. The van der Waals surface area contributed by atoms with E-state index in [0.29, 0.717) is 46.9 Å². The molecule has 0 bridgehead atoms. The van der Waals surface area contributed by atoms with Crippen LogP contribution in [0.25, 0.3) is 0 Å². The van der Waals surface area contributed by atoms with Crippen LogP contribution in [0, 0.1) is 13.8 Å². The molecule has 0 spiro atoms. The van der Waals surface area contributed by atoms with Crippen molar-refractivity contribution in [2.75, 3.05) is 12.4 Å². The number of aryl methyl sites for hydroxylation is 2. The molecule has 0 unspecified atom stereocenters. The number of methoxy groups -OCH3 is 1. The van der Waals surface area contributed by atoms with E-state index in [1.54, 1.807) is 37.4 Å². The quantitative estimate of drug-likeness (QED) is 0.576. The van der Waals surface area contributed by atoms with E-state index < -0.39 is 0 Å². The fourth-order valence-electron chi connectivity index (χ4n) is 3.85. The van der Waals surface area contributed by atoms with Gasteiger partial charge in [-0.05, 0) is 51.0 Å². The Kier molecular flexibility index (Phi) is 6.07. The van der Waals surface area contributed by atoms with Crippen molar-refractivity contribution in [1.82, 2.24) is 5.43 Å². The highest BCUT2D eigenvalue weighted by Crippen LogP contribution is 2.30. The number of rotatable bonds is 5. The predicted octanol–water partition coefficient (Wildman–Crippen LogP) is 4.63. The molecule has 0 saturated carbocycles. The Hall–Kier alpha value is -3.87. The van der Waals surface area contributed by atoms with Crippen molar-refractivity contribution in [3.63, 3.8) is 0 Å². The molecule has 0 aliphatic heterocycles. The molecule has 4 rings (SSSR count). The monoisotopic (exact) mass is 431 g/mol. The summed E-state index contributed by atoms with van der Waals surface area (Å²) >= 11 is 0. The third kappa shape index (κ3) is 4.42. The zero-order valence-corrected chi connectivity index (χ0v) is 18.3. The lowest BCUT2D eigenvalue weighted by atomic mass is 9.93. The van der Waals surface area contributed by atoms with Gasteiger partial charge in [-0.25, -0.2) is 5.43 Å². The van der Waals surface area contributed by atoms with E-state index in [2.05, 4.69) is 15.8 Å². The second-order valence-corrected chi connectivity index (χ2v) is 7.76. The third-order valence-electron chi connectivity index (χ3n) is 5.43. The van der Waals surface area contributed by atoms with Crippen molar-refractivity contribution in [1.29, 1.82) is 0 Å². The summed E-state index contributed by atoms with van der Waals surface area (Å²) in [7, 11) is 1.57. The summed E-state index contributed by atoms with van der Waals surface area (Å²) in [6, 6.07) is 14.5. The van der Waals surface area contributed by atoms with Gasteiger partial charge in [0.05, 0.1) is 12.8 Å². The lowest BCUT2D eigenvalue weighted by molar-refractivity contribution is 0.0953. The first-order chi connectivity index (χ1) is 15.5. The minimum Gasteiger partial charge on any atom is -0.497 e. The summed E-state index contributed by atoms with van der Waals surface area (Å²) in [4.78, 5) is 25.4. The number of fused-ring (bicyclic) bond motifs is 1. The number of benzene rings is 2. The molecule has 0 saturated heterocycles. The number of anilines is 1. The minimum atomic E-state index is -0.340. The smallest absolute Gasteiger partial charge is 0.291 e. The molecule has 0 fully saturated rings. The summed E-state index contributed by atoms with van der Waals surface area (Å²) < 4.78 is 11.1. The molecule has 2 N–H and O–H groups in total. The number of hydrogen-bond donors (Lipinski definition) is 2. The van der Waals surface area contributed by atoms with Crippen molar-refractivity contribution in [2.45, 2.75) is 33.1 Å². The van der Waals surface area contributed by atoms with Gasteiger partial charge in [-0.2, -0.15) is 5.10 Å². The topological polar surface area (TPSA) is 92.9 Å². The number of amides is 2. The number of hydrogen-bond acceptors (Lipinski definition) is 5. The van der Waals surface area contributed by atoms with Gasteiger partial charge in [0.1, 0.15) is 11.5 Å². The van der Waals surface area contributed by atoms with Crippen LogP contribution in [0.3, 0.4) is 0 Å². The average molecular weight is 431 g/mol. The first-order valence-electron chi connectivity index (χ1n) is 10.5. The number of nitrogens with zero attached hydrogens (tertiary/aromatic N) is 1. The van der Waals surface area contributed by atoms with E-state index >= 15 is 0 Å². The maximum Gasteiger partial charge on any atom is 0.291 e. The Morgan fingerprint density at radius 3 is 2.62 bits per heavy atom. The molecule has 164 valence electrons. The first-order valence-corrected chi connectivity index (χ1v) is 10.5. The highest BCUT2D eigenvalue weighted by molar-refractivity contribution is 6.09. The van der Waals surface area contributed by atoms with Crippen LogP contribution in [0.4, 0.5) is 5.69 Å². The zero-order chi connectivity index (χ0) is 22.7. The molecule has 0 radical (unpaired) electrons. The second-order valence-electron chi connectivity index (χ2n) is 7.76. The maximum atomic E-state index is 12.9. The largest absolute Gasteiger partial charge is 0.497 e. The van der Waals surface area contributed by atoms with E-state index in [9.17, 15) is 9.59 Å². The Morgan fingerprint density at radius 2 is 1.84 bits per heavy atom. The third-order valence-corrected chi connectivity index (χ3v) is 5.43.